The molecule has 1 aliphatic carbocycles. The van der Waals surface area contributed by atoms with E-state index in [1.165, 1.54) is 12.8 Å². The maximum Gasteiger partial charge on any atom is 0.230 e. The van der Waals surface area contributed by atoms with E-state index in [9.17, 15) is 4.79 Å². The minimum absolute atomic E-state index is 0.0316. The second-order valence-corrected chi connectivity index (χ2v) is 5.38. The smallest absolute Gasteiger partial charge is 0.230 e. The lowest BCUT2D eigenvalue weighted by atomic mass is 10.00. The molecule has 1 aliphatic rings. The molecule has 0 aromatic heterocycles. The highest BCUT2D eigenvalue weighted by atomic mass is 79.9. The predicted octanol–water partition coefficient (Wildman–Crippen LogP) is 3.18. The molecule has 0 spiro atoms. The number of carbonyl (C=O) groups excluding carboxylic acids is 1. The van der Waals surface area contributed by atoms with Gasteiger partial charge in [0.2, 0.25) is 5.91 Å². The Kier molecular flexibility index (Phi) is 4.21. The van der Waals surface area contributed by atoms with Crippen LogP contribution < -0.4 is 0 Å². The summed E-state index contributed by atoms with van der Waals surface area (Å²) in [4.78, 5) is 14.5. The van der Waals surface area contributed by atoms with Crippen molar-refractivity contribution >= 4 is 21.8 Å². The van der Waals surface area contributed by atoms with Crippen LogP contribution in [0.15, 0.2) is 30.3 Å². The van der Waals surface area contributed by atoms with Crippen molar-refractivity contribution in [3.05, 3.63) is 35.9 Å². The van der Waals surface area contributed by atoms with Gasteiger partial charge in [0.05, 0.1) is 5.92 Å². The molecule has 1 aromatic carbocycles. The van der Waals surface area contributed by atoms with Gasteiger partial charge >= 0.3 is 0 Å². The van der Waals surface area contributed by atoms with E-state index < -0.39 is 0 Å². The molecule has 0 N–H and O–H groups in total. The Morgan fingerprint density at radius 1 is 1.41 bits per heavy atom. The maximum absolute atomic E-state index is 12.4. The lowest BCUT2D eigenvalue weighted by Crippen LogP contribution is -2.37. The van der Waals surface area contributed by atoms with Crippen LogP contribution in [0.5, 0.6) is 0 Å². The van der Waals surface area contributed by atoms with Gasteiger partial charge in [0, 0.05) is 17.9 Å². The Bertz CT molecular complexity index is 375. The van der Waals surface area contributed by atoms with Crippen LogP contribution >= 0.6 is 15.9 Å². The number of halogens is 1. The molecule has 2 rings (SSSR count). The number of alkyl halides is 1. The number of carbonyl (C=O) groups is 1. The van der Waals surface area contributed by atoms with Crippen molar-refractivity contribution in [3.8, 4) is 0 Å². The van der Waals surface area contributed by atoms with Gasteiger partial charge in [-0.05, 0) is 25.3 Å². The Labute approximate surface area is 111 Å². The summed E-state index contributed by atoms with van der Waals surface area (Å²) < 4.78 is 0. The highest BCUT2D eigenvalue weighted by molar-refractivity contribution is 9.09. The Hall–Kier alpha value is -0.830. The van der Waals surface area contributed by atoms with E-state index in [0.29, 0.717) is 6.04 Å². The molecule has 0 aliphatic heterocycles. The average molecular weight is 296 g/mol. The Balaban J connectivity index is 2.07. The van der Waals surface area contributed by atoms with Crippen molar-refractivity contribution in [1.82, 2.24) is 4.90 Å². The van der Waals surface area contributed by atoms with Crippen LogP contribution in [-0.4, -0.2) is 28.7 Å². The number of nitrogens with zero attached hydrogens (tertiary/aromatic N) is 1. The second-order valence-electron chi connectivity index (χ2n) is 4.58. The molecule has 92 valence electrons. The van der Waals surface area contributed by atoms with Crippen molar-refractivity contribution in [1.29, 1.82) is 0 Å². The van der Waals surface area contributed by atoms with E-state index in [1.54, 1.807) is 0 Å². The third-order valence-electron chi connectivity index (χ3n) is 3.27. The zero-order valence-electron chi connectivity index (χ0n) is 10.1. The first-order chi connectivity index (χ1) is 8.24. The number of rotatable bonds is 5. The van der Waals surface area contributed by atoms with E-state index in [0.717, 1.165) is 17.4 Å². The summed E-state index contributed by atoms with van der Waals surface area (Å²) in [6.45, 7) is 2.82. The molecular formula is C14H18BrNO. The van der Waals surface area contributed by atoms with E-state index >= 15 is 0 Å². The summed E-state index contributed by atoms with van der Waals surface area (Å²) in [7, 11) is 0. The molecule has 1 aromatic rings. The third-order valence-corrected chi connectivity index (χ3v) is 3.62. The van der Waals surface area contributed by atoms with E-state index in [1.807, 2.05) is 42.2 Å². The standard InChI is InChI=1S/C14H18BrNO/c1-11(12-5-3-2-4-6-12)14(17)16(10-9-15)13-7-8-13/h2-6,11,13H,7-10H2,1H3. The van der Waals surface area contributed by atoms with Crippen LogP contribution in [0.4, 0.5) is 0 Å². The number of hydrogen-bond donors (Lipinski definition) is 0. The maximum atomic E-state index is 12.4. The summed E-state index contributed by atoms with van der Waals surface area (Å²) >= 11 is 3.43. The first kappa shape index (κ1) is 12.6. The zero-order chi connectivity index (χ0) is 12.3. The third kappa shape index (κ3) is 3.09. The summed E-state index contributed by atoms with van der Waals surface area (Å²) in [5, 5.41) is 0.858. The van der Waals surface area contributed by atoms with E-state index in [4.69, 9.17) is 0 Å². The summed E-state index contributed by atoms with van der Waals surface area (Å²) in [6.07, 6.45) is 2.33. The van der Waals surface area contributed by atoms with Crippen LogP contribution in [0.3, 0.4) is 0 Å². The number of benzene rings is 1. The van der Waals surface area contributed by atoms with Gasteiger partial charge in [-0.25, -0.2) is 0 Å². The highest BCUT2D eigenvalue weighted by Gasteiger charge is 2.34. The van der Waals surface area contributed by atoms with Gasteiger partial charge in [0.15, 0.2) is 0 Å². The van der Waals surface area contributed by atoms with Gasteiger partial charge in [-0.2, -0.15) is 0 Å². The fraction of sp³-hybridized carbons (Fsp3) is 0.500. The molecule has 2 nitrogen and oxygen atoms in total. The van der Waals surface area contributed by atoms with Crippen LogP contribution in [0.2, 0.25) is 0 Å². The molecule has 0 saturated heterocycles. The van der Waals surface area contributed by atoms with Gasteiger partial charge in [-0.3, -0.25) is 4.79 Å². The molecule has 0 bridgehead atoms. The molecule has 1 atom stereocenters. The van der Waals surface area contributed by atoms with E-state index in [-0.39, 0.29) is 11.8 Å². The second kappa shape index (κ2) is 5.67. The molecule has 0 radical (unpaired) electrons. The fourth-order valence-corrected chi connectivity index (χ4v) is 2.47. The first-order valence-electron chi connectivity index (χ1n) is 6.15. The van der Waals surface area contributed by atoms with Crippen LogP contribution in [0.25, 0.3) is 0 Å². The van der Waals surface area contributed by atoms with Crippen LogP contribution in [0.1, 0.15) is 31.2 Å². The molecule has 17 heavy (non-hydrogen) atoms. The summed E-state index contributed by atoms with van der Waals surface area (Å²) in [5.74, 6) is 0.231. The SMILES string of the molecule is CC(C(=O)N(CCBr)C1CC1)c1ccccc1. The van der Waals surface area contributed by atoms with Crippen molar-refractivity contribution in [2.24, 2.45) is 0 Å². The largest absolute Gasteiger partial charge is 0.338 e. The monoisotopic (exact) mass is 295 g/mol. The van der Waals surface area contributed by atoms with Crippen molar-refractivity contribution in [2.75, 3.05) is 11.9 Å². The molecule has 1 saturated carbocycles. The zero-order valence-corrected chi connectivity index (χ0v) is 11.7. The summed E-state index contributed by atoms with van der Waals surface area (Å²) in [6, 6.07) is 10.5. The lowest BCUT2D eigenvalue weighted by Gasteiger charge is -2.25. The van der Waals surface area contributed by atoms with Gasteiger partial charge in [0.1, 0.15) is 0 Å². The fourth-order valence-electron chi connectivity index (χ4n) is 2.08. The molecule has 1 fully saturated rings. The molecular weight excluding hydrogens is 278 g/mol. The average Bonchev–Trinajstić information content (AvgIpc) is 3.19. The van der Waals surface area contributed by atoms with Crippen LogP contribution in [-0.2, 0) is 4.79 Å². The summed E-state index contributed by atoms with van der Waals surface area (Å²) in [5.41, 5.74) is 1.11. The Morgan fingerprint density at radius 2 is 2.06 bits per heavy atom. The first-order valence-corrected chi connectivity index (χ1v) is 7.27. The van der Waals surface area contributed by atoms with Crippen LogP contribution in [0, 0.1) is 0 Å². The van der Waals surface area contributed by atoms with Gasteiger partial charge < -0.3 is 4.90 Å². The van der Waals surface area contributed by atoms with Crippen molar-refractivity contribution in [2.45, 2.75) is 31.7 Å². The van der Waals surface area contributed by atoms with Gasteiger partial charge in [-0.1, -0.05) is 46.3 Å². The number of amides is 1. The quantitative estimate of drug-likeness (QED) is 0.764. The minimum atomic E-state index is -0.0316. The molecule has 0 heterocycles. The molecule has 1 amide bonds. The number of hydrogen-bond acceptors (Lipinski definition) is 1. The van der Waals surface area contributed by atoms with Gasteiger partial charge in [0.25, 0.3) is 0 Å². The molecule has 3 heteroatoms. The normalized spacial score (nSPS) is 16.6. The Morgan fingerprint density at radius 3 is 2.59 bits per heavy atom. The lowest BCUT2D eigenvalue weighted by molar-refractivity contribution is -0.132. The highest BCUT2D eigenvalue weighted by Crippen LogP contribution is 2.30. The van der Waals surface area contributed by atoms with E-state index in [2.05, 4.69) is 15.9 Å². The van der Waals surface area contributed by atoms with Crippen molar-refractivity contribution < 1.29 is 4.79 Å². The van der Waals surface area contributed by atoms with Crippen molar-refractivity contribution in [3.63, 3.8) is 0 Å². The molecule has 1 unspecified atom stereocenters. The topological polar surface area (TPSA) is 20.3 Å². The predicted molar refractivity (Wildman–Crippen MR) is 73.4 cm³/mol. The van der Waals surface area contributed by atoms with Gasteiger partial charge in [-0.15, -0.1) is 0 Å². The minimum Gasteiger partial charge on any atom is -0.338 e.